The van der Waals surface area contributed by atoms with Crippen LogP contribution in [-0.4, -0.2) is 86.8 Å². The van der Waals surface area contributed by atoms with Crippen LogP contribution in [0.3, 0.4) is 0 Å². The van der Waals surface area contributed by atoms with E-state index in [1.807, 2.05) is 0 Å². The minimum Gasteiger partial charge on any atom is -0.508 e. The first-order chi connectivity index (χ1) is 21.2. The number of nitrogens with one attached hydrogen (secondary N) is 3. The van der Waals surface area contributed by atoms with Crippen molar-refractivity contribution in [3.63, 3.8) is 0 Å². The number of amides is 3. The molecule has 244 valence electrons. The topological polar surface area (TPSA) is 293 Å². The Morgan fingerprint density at radius 3 is 1.64 bits per heavy atom. The molecule has 16 heteroatoms. The van der Waals surface area contributed by atoms with E-state index in [0.29, 0.717) is 11.1 Å². The van der Waals surface area contributed by atoms with Crippen molar-refractivity contribution in [2.24, 2.45) is 22.2 Å². The van der Waals surface area contributed by atoms with Crippen molar-refractivity contribution in [3.05, 3.63) is 59.7 Å². The number of carbonyl (C=O) groups excluding carboxylic acids is 3. The molecule has 4 unspecified atom stereocenters. The molecule has 0 bridgehead atoms. The number of carboxylic acid groups (broad SMARTS) is 2. The minimum absolute atomic E-state index is 0.00611. The maximum Gasteiger partial charge on any atom is 0.326 e. The van der Waals surface area contributed by atoms with Gasteiger partial charge in [0, 0.05) is 19.4 Å². The van der Waals surface area contributed by atoms with Crippen LogP contribution in [-0.2, 0) is 36.8 Å². The lowest BCUT2D eigenvalue weighted by Crippen LogP contribution is -2.57. The molecule has 0 aliphatic heterocycles. The van der Waals surface area contributed by atoms with E-state index in [9.17, 15) is 44.4 Å². The fourth-order valence-corrected chi connectivity index (χ4v) is 4.18. The second-order valence-corrected chi connectivity index (χ2v) is 10.3. The summed E-state index contributed by atoms with van der Waals surface area (Å²) in [5.41, 5.74) is 17.9. The van der Waals surface area contributed by atoms with Crippen molar-refractivity contribution in [2.75, 3.05) is 6.54 Å². The molecule has 0 aromatic heterocycles. The molecule has 13 N–H and O–H groups in total. The zero-order valence-corrected chi connectivity index (χ0v) is 24.4. The van der Waals surface area contributed by atoms with E-state index in [2.05, 4.69) is 20.9 Å². The van der Waals surface area contributed by atoms with Crippen LogP contribution in [0, 0.1) is 0 Å². The SMILES string of the molecule is NC(N)=NCCCC(NC(=O)C(N)Cc1ccc(O)cc1)C(=O)NC(CCC(=O)O)C(=O)NC(Cc1ccc(O)cc1)C(=O)O. The first-order valence-corrected chi connectivity index (χ1v) is 14.0. The van der Waals surface area contributed by atoms with E-state index < -0.39 is 60.2 Å². The summed E-state index contributed by atoms with van der Waals surface area (Å²) in [5, 5.41) is 45.1. The van der Waals surface area contributed by atoms with Gasteiger partial charge in [0.1, 0.15) is 29.6 Å². The average molecular weight is 630 g/mol. The second kappa shape index (κ2) is 17.7. The summed E-state index contributed by atoms with van der Waals surface area (Å²) in [6.07, 6.45) is -0.769. The predicted octanol–water partition coefficient (Wildman–Crippen LogP) is -1.33. The van der Waals surface area contributed by atoms with Crippen LogP contribution in [0.1, 0.15) is 36.8 Å². The molecule has 3 amide bonds. The molecule has 0 saturated heterocycles. The number of aliphatic imine (C=N–C) groups is 1. The molecule has 0 aliphatic rings. The van der Waals surface area contributed by atoms with Crippen LogP contribution in [0.25, 0.3) is 0 Å². The fraction of sp³-hybridized carbons (Fsp3) is 0.379. The lowest BCUT2D eigenvalue weighted by atomic mass is 10.0. The number of guanidine groups is 1. The monoisotopic (exact) mass is 629 g/mol. The van der Waals surface area contributed by atoms with Crippen molar-refractivity contribution in [1.82, 2.24) is 16.0 Å². The Balaban J connectivity index is 2.20. The van der Waals surface area contributed by atoms with E-state index in [1.54, 1.807) is 12.1 Å². The highest BCUT2D eigenvalue weighted by Gasteiger charge is 2.31. The van der Waals surface area contributed by atoms with Gasteiger partial charge >= 0.3 is 11.9 Å². The summed E-state index contributed by atoms with van der Waals surface area (Å²) in [5.74, 6) is -5.32. The number of phenols is 2. The van der Waals surface area contributed by atoms with Gasteiger partial charge in [-0.05, 0) is 61.1 Å². The van der Waals surface area contributed by atoms with Crippen LogP contribution < -0.4 is 33.2 Å². The quantitative estimate of drug-likeness (QED) is 0.0521. The molecular weight excluding hydrogens is 590 g/mol. The molecule has 2 aromatic carbocycles. The Labute approximate surface area is 258 Å². The molecule has 16 nitrogen and oxygen atoms in total. The van der Waals surface area contributed by atoms with Gasteiger partial charge in [0.25, 0.3) is 0 Å². The highest BCUT2D eigenvalue weighted by atomic mass is 16.4. The molecule has 2 aromatic rings. The highest BCUT2D eigenvalue weighted by Crippen LogP contribution is 2.13. The van der Waals surface area contributed by atoms with Gasteiger partial charge in [-0.25, -0.2) is 4.79 Å². The zero-order chi connectivity index (χ0) is 33.5. The van der Waals surface area contributed by atoms with Gasteiger partial charge in [-0.3, -0.25) is 24.2 Å². The summed E-state index contributed by atoms with van der Waals surface area (Å²) < 4.78 is 0. The normalized spacial score (nSPS) is 13.4. The zero-order valence-electron chi connectivity index (χ0n) is 24.4. The Morgan fingerprint density at radius 2 is 1.16 bits per heavy atom. The molecule has 0 radical (unpaired) electrons. The molecule has 4 atom stereocenters. The number of aromatic hydroxyl groups is 2. The lowest BCUT2D eigenvalue weighted by Gasteiger charge is -2.25. The van der Waals surface area contributed by atoms with Gasteiger partial charge in [0.2, 0.25) is 17.7 Å². The number of carbonyl (C=O) groups is 5. The van der Waals surface area contributed by atoms with Crippen LogP contribution in [0.5, 0.6) is 11.5 Å². The molecule has 45 heavy (non-hydrogen) atoms. The molecular formula is C29H39N7O9. The third-order valence-corrected chi connectivity index (χ3v) is 6.58. The standard InChI is InChI=1S/C29H39N7O9/c30-20(14-16-3-7-18(37)8-4-16)25(41)34-21(2-1-13-33-29(31)32)26(42)35-22(11-12-24(39)40)27(43)36-23(28(44)45)15-17-5-9-19(38)10-6-17/h3-10,20-23,37-38H,1-2,11-15,30H2,(H,34,41)(H,35,42)(H,36,43)(H,39,40)(H,44,45)(H4,31,32,33). The van der Waals surface area contributed by atoms with E-state index in [1.165, 1.54) is 36.4 Å². The van der Waals surface area contributed by atoms with E-state index >= 15 is 0 Å². The van der Waals surface area contributed by atoms with Crippen molar-refractivity contribution in [3.8, 4) is 11.5 Å². The smallest absolute Gasteiger partial charge is 0.326 e. The molecule has 0 spiro atoms. The third-order valence-electron chi connectivity index (χ3n) is 6.58. The summed E-state index contributed by atoms with van der Waals surface area (Å²) in [6.45, 7) is 0.113. The molecule has 0 saturated carbocycles. The first-order valence-electron chi connectivity index (χ1n) is 14.0. The second-order valence-electron chi connectivity index (χ2n) is 10.3. The Hall–Kier alpha value is -5.38. The summed E-state index contributed by atoms with van der Waals surface area (Å²) in [7, 11) is 0. The number of rotatable bonds is 18. The van der Waals surface area contributed by atoms with Crippen LogP contribution in [0.4, 0.5) is 0 Å². The number of hydrogen-bond acceptors (Lipinski definition) is 9. The largest absolute Gasteiger partial charge is 0.508 e. The van der Waals surface area contributed by atoms with Gasteiger partial charge < -0.3 is 53.6 Å². The number of hydrogen-bond donors (Lipinski definition) is 10. The van der Waals surface area contributed by atoms with Crippen LogP contribution in [0.15, 0.2) is 53.5 Å². The third kappa shape index (κ3) is 13.2. The fourth-order valence-electron chi connectivity index (χ4n) is 4.18. The van der Waals surface area contributed by atoms with Gasteiger partial charge in [-0.2, -0.15) is 0 Å². The van der Waals surface area contributed by atoms with Gasteiger partial charge in [0.15, 0.2) is 5.96 Å². The molecule has 2 rings (SSSR count). The van der Waals surface area contributed by atoms with Crippen LogP contribution in [0.2, 0.25) is 0 Å². The molecule has 0 aliphatic carbocycles. The van der Waals surface area contributed by atoms with Gasteiger partial charge in [-0.1, -0.05) is 24.3 Å². The molecule has 0 fully saturated rings. The summed E-state index contributed by atoms with van der Waals surface area (Å²) in [6, 6.07) is 6.43. The van der Waals surface area contributed by atoms with E-state index in [-0.39, 0.29) is 56.1 Å². The Bertz CT molecular complexity index is 1350. The maximum atomic E-state index is 13.4. The summed E-state index contributed by atoms with van der Waals surface area (Å²) >= 11 is 0. The van der Waals surface area contributed by atoms with Gasteiger partial charge in [0.05, 0.1) is 6.04 Å². The van der Waals surface area contributed by atoms with Crippen molar-refractivity contribution >= 4 is 35.6 Å². The number of carboxylic acids is 2. The van der Waals surface area contributed by atoms with Crippen molar-refractivity contribution in [2.45, 2.75) is 62.7 Å². The van der Waals surface area contributed by atoms with Gasteiger partial charge in [-0.15, -0.1) is 0 Å². The maximum absolute atomic E-state index is 13.4. The van der Waals surface area contributed by atoms with Crippen LogP contribution >= 0.6 is 0 Å². The number of phenolic OH excluding ortho intramolecular Hbond substituents is 2. The van der Waals surface area contributed by atoms with E-state index in [4.69, 9.17) is 17.2 Å². The number of aliphatic carboxylic acids is 2. The van der Waals surface area contributed by atoms with E-state index in [0.717, 1.165) is 0 Å². The first kappa shape index (κ1) is 35.8. The number of benzene rings is 2. The summed E-state index contributed by atoms with van der Waals surface area (Å²) in [4.78, 5) is 66.5. The predicted molar refractivity (Wildman–Crippen MR) is 162 cm³/mol. The molecule has 0 heterocycles. The van der Waals surface area contributed by atoms with Crippen molar-refractivity contribution in [1.29, 1.82) is 0 Å². The Kier molecular flexibility index (Phi) is 14.1. The minimum atomic E-state index is -1.47. The Morgan fingerprint density at radius 1 is 0.689 bits per heavy atom. The highest BCUT2D eigenvalue weighted by molar-refractivity contribution is 5.94. The lowest BCUT2D eigenvalue weighted by molar-refractivity contribution is -0.143. The average Bonchev–Trinajstić information content (AvgIpc) is 2.98. The van der Waals surface area contributed by atoms with Crippen molar-refractivity contribution < 1.29 is 44.4 Å². The number of nitrogens with zero attached hydrogens (tertiary/aromatic N) is 1. The number of nitrogens with two attached hydrogens (primary N) is 3.